The molecule has 25 heavy (non-hydrogen) atoms. The Labute approximate surface area is 152 Å². The second kappa shape index (κ2) is 6.49. The van der Waals surface area contributed by atoms with Crippen LogP contribution in [0, 0.1) is 6.92 Å². The molecule has 3 aromatic rings. The number of sulfone groups is 1. The van der Waals surface area contributed by atoms with Gasteiger partial charge in [0.25, 0.3) is 5.91 Å². The first-order valence-corrected chi connectivity index (χ1v) is 9.84. The van der Waals surface area contributed by atoms with E-state index in [0.29, 0.717) is 16.9 Å². The number of nitrogens with zero attached hydrogens (tertiary/aromatic N) is 3. The number of fused-ring (bicyclic) bond motifs is 1. The van der Waals surface area contributed by atoms with Gasteiger partial charge in [-0.3, -0.25) is 4.79 Å². The molecule has 7 nitrogen and oxygen atoms in total. The second-order valence-electron chi connectivity index (χ2n) is 5.42. The van der Waals surface area contributed by atoms with Crippen molar-refractivity contribution in [1.29, 1.82) is 0 Å². The number of hydrogen-bond donors (Lipinski definition) is 1. The molecule has 0 spiro atoms. The smallest absolute Gasteiger partial charge is 0.275 e. The molecule has 0 atom stereocenters. The summed E-state index contributed by atoms with van der Waals surface area (Å²) in [6.07, 6.45) is 2.30. The van der Waals surface area contributed by atoms with Gasteiger partial charge in [-0.05, 0) is 46.6 Å². The maximum absolute atomic E-state index is 12.5. The summed E-state index contributed by atoms with van der Waals surface area (Å²) >= 11 is 3.42. The summed E-state index contributed by atoms with van der Waals surface area (Å²) in [6, 6.07) is 9.15. The molecular weight excluding hydrogens is 408 g/mol. The number of hydrogen-bond acceptors (Lipinski definition) is 6. The number of rotatable bonds is 3. The molecule has 2 aromatic heterocycles. The van der Waals surface area contributed by atoms with E-state index in [4.69, 9.17) is 0 Å². The Morgan fingerprint density at radius 3 is 2.64 bits per heavy atom. The van der Waals surface area contributed by atoms with Gasteiger partial charge in [-0.25, -0.2) is 23.4 Å². The molecule has 0 saturated heterocycles. The maximum atomic E-state index is 12.5. The molecule has 1 aromatic carbocycles. The third-order valence-corrected chi connectivity index (χ3v) is 4.91. The van der Waals surface area contributed by atoms with Gasteiger partial charge in [-0.15, -0.1) is 0 Å². The lowest BCUT2D eigenvalue weighted by Crippen LogP contribution is -2.18. The normalized spacial score (nSPS) is 11.5. The van der Waals surface area contributed by atoms with Gasteiger partial charge in [0, 0.05) is 22.3 Å². The van der Waals surface area contributed by atoms with Crippen LogP contribution < -0.4 is 5.32 Å². The zero-order valence-electron chi connectivity index (χ0n) is 13.3. The van der Waals surface area contributed by atoms with Gasteiger partial charge < -0.3 is 5.32 Å². The highest BCUT2D eigenvalue weighted by Crippen LogP contribution is 2.23. The predicted molar refractivity (Wildman–Crippen MR) is 97.3 cm³/mol. The van der Waals surface area contributed by atoms with Crippen LogP contribution in [0.4, 0.5) is 5.82 Å². The molecule has 0 aliphatic rings. The van der Waals surface area contributed by atoms with Crippen LogP contribution in [0.5, 0.6) is 0 Å². The van der Waals surface area contributed by atoms with Gasteiger partial charge in [0.2, 0.25) is 15.0 Å². The second-order valence-corrected chi connectivity index (χ2v) is 8.18. The Kier molecular flexibility index (Phi) is 4.53. The largest absolute Gasteiger partial charge is 0.305 e. The highest BCUT2D eigenvalue weighted by molar-refractivity contribution is 9.10. The van der Waals surface area contributed by atoms with Crippen molar-refractivity contribution in [3.8, 4) is 0 Å². The highest BCUT2D eigenvalue weighted by atomic mass is 79.9. The molecule has 9 heteroatoms. The van der Waals surface area contributed by atoms with E-state index in [9.17, 15) is 13.2 Å². The molecule has 0 saturated carbocycles. The number of anilines is 1. The Morgan fingerprint density at radius 1 is 1.16 bits per heavy atom. The van der Waals surface area contributed by atoms with Gasteiger partial charge in [-0.2, -0.15) is 0 Å². The van der Waals surface area contributed by atoms with Gasteiger partial charge in [0.05, 0.1) is 5.52 Å². The quantitative estimate of drug-likeness (QED) is 0.653. The lowest BCUT2D eigenvalue weighted by molar-refractivity contribution is 0.102. The van der Waals surface area contributed by atoms with Gasteiger partial charge in [0.1, 0.15) is 11.5 Å². The molecule has 128 valence electrons. The third-order valence-electron chi connectivity index (χ3n) is 3.41. The number of nitrogens with one attached hydrogen (secondary N) is 1. The van der Waals surface area contributed by atoms with E-state index in [2.05, 4.69) is 36.2 Å². The van der Waals surface area contributed by atoms with E-state index in [1.54, 1.807) is 13.0 Å². The number of aromatic nitrogens is 3. The lowest BCUT2D eigenvalue weighted by Gasteiger charge is -2.08. The van der Waals surface area contributed by atoms with Crippen molar-refractivity contribution in [2.24, 2.45) is 0 Å². The van der Waals surface area contributed by atoms with Crippen molar-refractivity contribution in [2.45, 2.75) is 12.1 Å². The minimum absolute atomic E-state index is 0.00977. The average Bonchev–Trinajstić information content (AvgIpc) is 2.55. The summed E-state index contributed by atoms with van der Waals surface area (Å²) in [5.74, 6) is -0.216. The summed E-state index contributed by atoms with van der Waals surface area (Å²) < 4.78 is 24.0. The van der Waals surface area contributed by atoms with E-state index in [1.165, 1.54) is 6.20 Å². The zero-order chi connectivity index (χ0) is 18.2. The minimum Gasteiger partial charge on any atom is -0.305 e. The fourth-order valence-corrected chi connectivity index (χ4v) is 3.16. The Hall–Kier alpha value is -2.39. The molecule has 0 aliphatic heterocycles. The van der Waals surface area contributed by atoms with Crippen molar-refractivity contribution in [3.05, 3.63) is 52.3 Å². The first-order chi connectivity index (χ1) is 11.8. The van der Waals surface area contributed by atoms with Crippen LogP contribution in [0.2, 0.25) is 0 Å². The molecule has 1 amide bonds. The van der Waals surface area contributed by atoms with E-state index in [-0.39, 0.29) is 5.69 Å². The number of pyridine rings is 1. The molecule has 0 bridgehead atoms. The fourth-order valence-electron chi connectivity index (χ4n) is 2.19. The summed E-state index contributed by atoms with van der Waals surface area (Å²) in [4.78, 5) is 24.5. The Morgan fingerprint density at radius 2 is 1.92 bits per heavy atom. The topological polar surface area (TPSA) is 102 Å². The van der Waals surface area contributed by atoms with Crippen molar-refractivity contribution in [2.75, 3.05) is 11.6 Å². The summed E-state index contributed by atoms with van der Waals surface area (Å²) in [7, 11) is -3.61. The van der Waals surface area contributed by atoms with Crippen molar-refractivity contribution < 1.29 is 13.2 Å². The minimum atomic E-state index is -3.61. The van der Waals surface area contributed by atoms with Crippen molar-refractivity contribution >= 4 is 48.4 Å². The summed E-state index contributed by atoms with van der Waals surface area (Å²) in [5, 5.41) is 3.17. The number of carbonyl (C=O) groups excluding carboxylic acids is 1. The summed E-state index contributed by atoms with van der Waals surface area (Å²) in [6.45, 7) is 1.63. The zero-order valence-corrected chi connectivity index (χ0v) is 15.7. The molecule has 0 radical (unpaired) electrons. The summed E-state index contributed by atoms with van der Waals surface area (Å²) in [5.41, 5.74) is 1.16. The molecule has 0 unspecified atom stereocenters. The Balaban J connectivity index is 1.96. The van der Waals surface area contributed by atoms with Gasteiger partial charge >= 0.3 is 0 Å². The molecular formula is C16H13BrN4O3S. The fraction of sp³-hybridized carbons (Fsp3) is 0.125. The van der Waals surface area contributed by atoms with Crippen LogP contribution in [0.15, 0.2) is 46.2 Å². The molecule has 0 fully saturated rings. The van der Waals surface area contributed by atoms with Crippen LogP contribution in [-0.4, -0.2) is 35.5 Å². The van der Waals surface area contributed by atoms with E-state index >= 15 is 0 Å². The number of aryl methyl sites for hydroxylation is 1. The third kappa shape index (κ3) is 3.67. The number of benzene rings is 1. The van der Waals surface area contributed by atoms with Crippen LogP contribution in [0.25, 0.3) is 10.9 Å². The average molecular weight is 421 g/mol. The van der Waals surface area contributed by atoms with E-state index in [0.717, 1.165) is 16.1 Å². The first-order valence-electron chi connectivity index (χ1n) is 7.16. The predicted octanol–water partition coefficient (Wildman–Crippen LogP) is 2.75. The number of carbonyl (C=O) groups is 1. The molecule has 0 aliphatic carbocycles. The molecule has 1 N–H and O–H groups in total. The SMILES string of the molecule is Cc1cnc(S(C)(=O)=O)nc1C(=O)Nc1ccc2cccc(Br)c2n1. The monoisotopic (exact) mass is 420 g/mol. The standard InChI is InChI=1S/C16H13BrN4O3S/c1-9-8-18-16(25(2,23)24)21-13(9)15(22)20-12-7-6-10-4-3-5-11(17)14(10)19-12/h3-8H,1-2H3,(H,19,20,22). The van der Waals surface area contributed by atoms with Gasteiger partial charge in [0.15, 0.2) is 0 Å². The number of para-hydroxylation sites is 1. The number of halogens is 1. The first kappa shape index (κ1) is 17.4. The van der Waals surface area contributed by atoms with Crippen molar-refractivity contribution in [3.63, 3.8) is 0 Å². The Bertz CT molecular complexity index is 1100. The van der Waals surface area contributed by atoms with E-state index < -0.39 is 20.9 Å². The number of amides is 1. The lowest BCUT2D eigenvalue weighted by atomic mass is 10.2. The van der Waals surface area contributed by atoms with Crippen molar-refractivity contribution in [1.82, 2.24) is 15.0 Å². The van der Waals surface area contributed by atoms with Crippen LogP contribution in [-0.2, 0) is 9.84 Å². The maximum Gasteiger partial charge on any atom is 0.275 e. The van der Waals surface area contributed by atoms with Crippen LogP contribution in [0.1, 0.15) is 16.1 Å². The molecule has 3 rings (SSSR count). The van der Waals surface area contributed by atoms with Crippen LogP contribution in [0.3, 0.4) is 0 Å². The van der Waals surface area contributed by atoms with E-state index in [1.807, 2.05) is 24.3 Å². The highest BCUT2D eigenvalue weighted by Gasteiger charge is 2.18. The molecule has 2 heterocycles. The van der Waals surface area contributed by atoms with Crippen LogP contribution >= 0.6 is 15.9 Å². The van der Waals surface area contributed by atoms with Gasteiger partial charge in [-0.1, -0.05) is 12.1 Å².